The topological polar surface area (TPSA) is 179 Å². The van der Waals surface area contributed by atoms with E-state index in [9.17, 15) is 24.4 Å². The van der Waals surface area contributed by atoms with E-state index in [-0.39, 0.29) is 48.1 Å². The number of carbonyl (C=O) groups is 3. The lowest BCUT2D eigenvalue weighted by molar-refractivity contribution is -0.164. The highest BCUT2D eigenvalue weighted by molar-refractivity contribution is 6.31. The van der Waals surface area contributed by atoms with E-state index in [1.807, 2.05) is 18.2 Å². The number of aromatic nitrogens is 4. The summed E-state index contributed by atoms with van der Waals surface area (Å²) in [7, 11) is 0. The molecule has 0 bridgehead atoms. The fourth-order valence-corrected chi connectivity index (χ4v) is 10.00. The van der Waals surface area contributed by atoms with Crippen LogP contribution in [-0.2, 0) is 9.59 Å². The number of carbonyl (C=O) groups excluding carboxylic acids is 3. The zero-order valence-corrected chi connectivity index (χ0v) is 34.5. The van der Waals surface area contributed by atoms with Crippen molar-refractivity contribution in [3.05, 3.63) is 81.6 Å². The fraction of sp³-hybridized carbons (Fsp3) is 0.488. The first-order valence-corrected chi connectivity index (χ1v) is 20.7. The van der Waals surface area contributed by atoms with Gasteiger partial charge >= 0.3 is 0 Å². The number of amides is 3. The van der Waals surface area contributed by atoms with Gasteiger partial charge in [0.05, 0.1) is 34.6 Å². The Balaban J connectivity index is 0.792. The highest BCUT2D eigenvalue weighted by Gasteiger charge is 2.64. The van der Waals surface area contributed by atoms with Crippen LogP contribution in [0.5, 0.6) is 5.75 Å². The van der Waals surface area contributed by atoms with Gasteiger partial charge in [-0.3, -0.25) is 29.4 Å². The van der Waals surface area contributed by atoms with E-state index >= 15 is 0 Å². The summed E-state index contributed by atoms with van der Waals surface area (Å²) in [4.78, 5) is 66.9. The number of piperazine rings is 1. The summed E-state index contributed by atoms with van der Waals surface area (Å²) < 4.78 is 7.56. The molecule has 1 saturated carbocycles. The zero-order valence-electron chi connectivity index (χ0n) is 33.8. The van der Waals surface area contributed by atoms with E-state index in [4.69, 9.17) is 16.3 Å². The van der Waals surface area contributed by atoms with Crippen LogP contribution in [0, 0.1) is 28.1 Å². The first kappa shape index (κ1) is 40.2. The number of nitrogens with one attached hydrogen (secondary N) is 2. The van der Waals surface area contributed by atoms with Crippen LogP contribution in [0.15, 0.2) is 59.8 Å². The summed E-state index contributed by atoms with van der Waals surface area (Å²) in [6, 6.07) is 11.9. The third-order valence-corrected chi connectivity index (χ3v) is 13.1. The normalized spacial score (nSPS) is 23.3. The minimum Gasteiger partial charge on any atom is -0.489 e. The molecule has 0 unspecified atom stereocenters. The quantitative estimate of drug-likeness (QED) is 0.229. The summed E-state index contributed by atoms with van der Waals surface area (Å²) in [5, 5.41) is 20.6. The molecule has 4 aliphatic rings. The number of anilines is 2. The highest BCUT2D eigenvalue weighted by Crippen LogP contribution is 2.55. The number of ether oxygens (including phenoxy) is 1. The van der Waals surface area contributed by atoms with Crippen molar-refractivity contribution in [2.24, 2.45) is 16.7 Å². The first-order valence-electron chi connectivity index (χ1n) is 20.3. The number of fused-ring (bicyclic) bond motifs is 1. The van der Waals surface area contributed by atoms with Crippen molar-refractivity contribution in [3.63, 3.8) is 0 Å². The SMILES string of the molecule is CC1(C)C(NC(=O)c2cnc(N3CCC(CN4CCN(c5ccc6c(=O)n([C@H]7CCC(=O)NC7=O)ncc6c5)CC4)CC3)cn2)C(C)(C)C1Oc1ccc(C#N)c(Cl)c1. The van der Waals surface area contributed by atoms with Crippen molar-refractivity contribution in [1.29, 1.82) is 5.26 Å². The maximum atomic E-state index is 13.4. The molecule has 59 heavy (non-hydrogen) atoms. The summed E-state index contributed by atoms with van der Waals surface area (Å²) in [5.41, 5.74) is 0.583. The van der Waals surface area contributed by atoms with E-state index in [0.29, 0.717) is 27.6 Å². The Morgan fingerprint density at radius 1 is 0.932 bits per heavy atom. The van der Waals surface area contributed by atoms with Crippen LogP contribution in [-0.4, -0.2) is 100 Å². The Kier molecular flexibility index (Phi) is 10.8. The van der Waals surface area contributed by atoms with Crippen molar-refractivity contribution in [3.8, 4) is 11.8 Å². The number of hydrogen-bond acceptors (Lipinski definition) is 12. The number of hydrogen-bond donors (Lipinski definition) is 2. The van der Waals surface area contributed by atoms with Gasteiger partial charge < -0.3 is 19.9 Å². The van der Waals surface area contributed by atoms with Gasteiger partial charge in [0.15, 0.2) is 0 Å². The number of piperidine rings is 2. The third-order valence-electron chi connectivity index (χ3n) is 12.8. The van der Waals surface area contributed by atoms with Gasteiger partial charge in [0, 0.05) is 86.2 Å². The Morgan fingerprint density at radius 3 is 2.34 bits per heavy atom. The van der Waals surface area contributed by atoms with Gasteiger partial charge in [-0.1, -0.05) is 39.3 Å². The number of nitrogens with zero attached hydrogens (tertiary/aromatic N) is 8. The van der Waals surface area contributed by atoms with E-state index in [1.165, 1.54) is 4.68 Å². The Labute approximate surface area is 347 Å². The van der Waals surface area contributed by atoms with E-state index in [2.05, 4.69) is 74.2 Å². The fourth-order valence-electron chi connectivity index (χ4n) is 9.79. The van der Waals surface area contributed by atoms with Crippen molar-refractivity contribution in [2.45, 2.75) is 71.6 Å². The lowest BCUT2D eigenvalue weighted by atomic mass is 9.49. The number of halogens is 1. The van der Waals surface area contributed by atoms with Gasteiger partial charge in [-0.05, 0) is 55.5 Å². The van der Waals surface area contributed by atoms with Gasteiger partial charge in [0.2, 0.25) is 5.91 Å². The minimum atomic E-state index is -0.787. The summed E-state index contributed by atoms with van der Waals surface area (Å²) >= 11 is 6.24. The van der Waals surface area contributed by atoms with E-state index in [1.54, 1.807) is 36.8 Å². The second-order valence-corrected chi connectivity index (χ2v) is 17.8. The second-order valence-electron chi connectivity index (χ2n) is 17.4. The van der Waals surface area contributed by atoms with Gasteiger partial charge in [0.25, 0.3) is 17.4 Å². The highest BCUT2D eigenvalue weighted by atomic mass is 35.5. The molecule has 0 radical (unpaired) electrons. The minimum absolute atomic E-state index is 0.179. The largest absolute Gasteiger partial charge is 0.489 e. The molecule has 4 fully saturated rings. The summed E-state index contributed by atoms with van der Waals surface area (Å²) in [6.07, 6.45) is 7.20. The third kappa shape index (κ3) is 7.83. The molecule has 3 aliphatic heterocycles. The Hall–Kier alpha value is -5.59. The first-order chi connectivity index (χ1) is 28.2. The molecule has 3 amide bonds. The standard InChI is InChI=1S/C43H49ClN10O5/c1-42(2)40(43(3,4)41(42)59-30-7-5-27(21-45)32(44)20-30)50-37(56)33-23-47-35(24-46-33)53-13-11-26(12-14-53)25-51-15-17-52(18-16-51)29-6-8-31-28(19-29)22-48-54(39(31)58)34-9-10-36(55)49-38(34)57/h5-8,19-20,22-24,26,34,40-41H,9-18,25H2,1-4H3,(H,50,56)(H,49,55,57)/t34-,40?,41?/m0/s1. The number of benzene rings is 2. The maximum Gasteiger partial charge on any atom is 0.275 e. The predicted molar refractivity (Wildman–Crippen MR) is 222 cm³/mol. The van der Waals surface area contributed by atoms with Crippen LogP contribution >= 0.6 is 11.6 Å². The second kappa shape index (κ2) is 15.9. The molecule has 308 valence electrons. The lowest BCUT2D eigenvalue weighted by Crippen LogP contribution is -2.74. The monoisotopic (exact) mass is 820 g/mol. The van der Waals surface area contributed by atoms with Gasteiger partial charge in [-0.25, -0.2) is 14.6 Å². The van der Waals surface area contributed by atoms with Crippen LogP contribution in [0.3, 0.4) is 0 Å². The van der Waals surface area contributed by atoms with E-state index in [0.717, 1.165) is 75.5 Å². The number of imide groups is 1. The average Bonchev–Trinajstić information content (AvgIpc) is 3.22. The summed E-state index contributed by atoms with van der Waals surface area (Å²) in [5.74, 6) is 0.829. The van der Waals surface area contributed by atoms with Gasteiger partial charge in [-0.15, -0.1) is 0 Å². The molecule has 15 nitrogen and oxygen atoms in total. The number of rotatable bonds is 9. The molecular weight excluding hydrogens is 772 g/mol. The van der Waals surface area contributed by atoms with Crippen molar-refractivity contribution in [2.75, 3.05) is 55.6 Å². The lowest BCUT2D eigenvalue weighted by Gasteiger charge is -2.63. The van der Waals surface area contributed by atoms with Gasteiger partial charge in [-0.2, -0.15) is 10.4 Å². The zero-order chi connectivity index (χ0) is 41.6. The van der Waals surface area contributed by atoms with Gasteiger partial charge in [0.1, 0.15) is 35.5 Å². The van der Waals surface area contributed by atoms with Crippen LogP contribution in [0.2, 0.25) is 5.02 Å². The van der Waals surface area contributed by atoms with Crippen LogP contribution in [0.4, 0.5) is 11.5 Å². The molecule has 4 aromatic rings. The van der Waals surface area contributed by atoms with Crippen LogP contribution in [0.1, 0.15) is 75.5 Å². The number of nitriles is 1. The molecule has 2 aromatic carbocycles. The van der Waals surface area contributed by atoms with Crippen molar-refractivity contribution in [1.82, 2.24) is 35.3 Å². The molecule has 0 spiro atoms. The molecule has 2 aromatic heterocycles. The van der Waals surface area contributed by atoms with E-state index < -0.39 is 22.8 Å². The van der Waals surface area contributed by atoms with Crippen LogP contribution < -0.4 is 30.7 Å². The Morgan fingerprint density at radius 2 is 1.68 bits per heavy atom. The molecule has 8 rings (SSSR count). The van der Waals surface area contributed by atoms with Crippen LogP contribution in [0.25, 0.3) is 10.8 Å². The Bertz CT molecular complexity index is 2360. The predicted octanol–water partition coefficient (Wildman–Crippen LogP) is 4.34. The molecular formula is C43H49ClN10O5. The molecule has 3 saturated heterocycles. The molecule has 5 heterocycles. The maximum absolute atomic E-state index is 13.4. The smallest absolute Gasteiger partial charge is 0.275 e. The molecule has 1 atom stereocenters. The summed E-state index contributed by atoms with van der Waals surface area (Å²) in [6.45, 7) is 14.7. The molecule has 16 heteroatoms. The van der Waals surface area contributed by atoms with Crippen molar-refractivity contribution >= 4 is 51.6 Å². The molecule has 1 aliphatic carbocycles. The average molecular weight is 821 g/mol. The van der Waals surface area contributed by atoms with Crippen molar-refractivity contribution < 1.29 is 19.1 Å². The molecule has 2 N–H and O–H groups in total.